The van der Waals surface area contributed by atoms with Gasteiger partial charge in [-0.15, -0.1) is 23.1 Å². The molecule has 4 aromatic rings. The maximum absolute atomic E-state index is 12.8. The normalized spacial score (nSPS) is 10.6. The number of thioether (sulfide) groups is 1. The smallest absolute Gasteiger partial charge is 0.256 e. The van der Waals surface area contributed by atoms with E-state index in [1.54, 1.807) is 42.0 Å². The summed E-state index contributed by atoms with van der Waals surface area (Å²) in [7, 11) is 0. The molecule has 4 rings (SSSR count). The molecule has 2 N–H and O–H groups in total. The Hall–Kier alpha value is -3.36. The first-order valence-corrected chi connectivity index (χ1v) is 11.4. The van der Waals surface area contributed by atoms with E-state index in [1.807, 2.05) is 47.8 Å². The molecule has 0 atom stereocenters. The van der Waals surface area contributed by atoms with Crippen molar-refractivity contribution in [1.82, 2.24) is 10.3 Å². The predicted octanol–water partition coefficient (Wildman–Crippen LogP) is 5.06. The third kappa shape index (κ3) is 5.62. The van der Waals surface area contributed by atoms with E-state index in [2.05, 4.69) is 15.6 Å². The van der Waals surface area contributed by atoms with Gasteiger partial charge in [-0.1, -0.05) is 12.1 Å². The third-order valence-electron chi connectivity index (χ3n) is 4.35. The summed E-state index contributed by atoms with van der Waals surface area (Å²) in [5, 5.41) is 8.59. The van der Waals surface area contributed by atoms with Crippen LogP contribution in [0.5, 0.6) is 0 Å². The summed E-state index contributed by atoms with van der Waals surface area (Å²) < 4.78 is 5.20. The predicted molar refractivity (Wildman–Crippen MR) is 123 cm³/mol. The van der Waals surface area contributed by atoms with Crippen LogP contribution in [0.25, 0.3) is 10.6 Å². The van der Waals surface area contributed by atoms with Crippen LogP contribution >= 0.6 is 23.1 Å². The average molecular weight is 450 g/mol. The van der Waals surface area contributed by atoms with E-state index in [0.717, 1.165) is 15.5 Å². The summed E-state index contributed by atoms with van der Waals surface area (Å²) in [5.74, 6) is 0.544. The minimum Gasteiger partial charge on any atom is -0.467 e. The van der Waals surface area contributed by atoms with Crippen LogP contribution in [0.1, 0.15) is 16.1 Å². The van der Waals surface area contributed by atoms with Crippen LogP contribution in [-0.4, -0.2) is 22.6 Å². The topological polar surface area (TPSA) is 84.2 Å². The molecule has 2 amide bonds. The number of nitrogens with zero attached hydrogens (tertiary/aromatic N) is 1. The molecule has 0 aliphatic carbocycles. The first-order chi connectivity index (χ1) is 15.2. The molecule has 0 aliphatic heterocycles. The monoisotopic (exact) mass is 449 g/mol. The highest BCUT2D eigenvalue weighted by molar-refractivity contribution is 8.00. The highest BCUT2D eigenvalue weighted by Gasteiger charge is 2.13. The molecule has 156 valence electrons. The van der Waals surface area contributed by atoms with Gasteiger partial charge in [0.1, 0.15) is 10.8 Å². The van der Waals surface area contributed by atoms with Crippen molar-refractivity contribution in [2.75, 3.05) is 11.1 Å². The van der Waals surface area contributed by atoms with Gasteiger partial charge < -0.3 is 15.1 Å². The van der Waals surface area contributed by atoms with Crippen LogP contribution in [0.15, 0.2) is 87.8 Å². The Morgan fingerprint density at radius 3 is 2.61 bits per heavy atom. The van der Waals surface area contributed by atoms with Crippen LogP contribution in [0.3, 0.4) is 0 Å². The lowest BCUT2D eigenvalue weighted by atomic mass is 10.2. The number of hydrogen-bond donors (Lipinski definition) is 2. The van der Waals surface area contributed by atoms with Crippen LogP contribution in [0, 0.1) is 0 Å². The van der Waals surface area contributed by atoms with Crippen molar-refractivity contribution in [3.05, 3.63) is 89.8 Å². The first-order valence-electron chi connectivity index (χ1n) is 9.51. The van der Waals surface area contributed by atoms with Gasteiger partial charge in [0.05, 0.1) is 24.1 Å². The molecule has 6 nitrogen and oxygen atoms in total. The van der Waals surface area contributed by atoms with E-state index in [9.17, 15) is 9.59 Å². The van der Waals surface area contributed by atoms with Crippen LogP contribution in [0.4, 0.5) is 5.69 Å². The number of anilines is 1. The first kappa shape index (κ1) is 20.9. The van der Waals surface area contributed by atoms with Gasteiger partial charge in [0.25, 0.3) is 5.91 Å². The van der Waals surface area contributed by atoms with Crippen molar-refractivity contribution in [2.45, 2.75) is 11.4 Å². The molecule has 0 fully saturated rings. The van der Waals surface area contributed by atoms with E-state index in [0.29, 0.717) is 23.6 Å². The summed E-state index contributed by atoms with van der Waals surface area (Å²) in [6.45, 7) is 0.339. The van der Waals surface area contributed by atoms with Crippen molar-refractivity contribution in [2.24, 2.45) is 0 Å². The maximum Gasteiger partial charge on any atom is 0.256 e. The summed E-state index contributed by atoms with van der Waals surface area (Å²) in [6, 6.07) is 18.4. The molecule has 0 spiro atoms. The maximum atomic E-state index is 12.8. The lowest BCUT2D eigenvalue weighted by Gasteiger charge is -2.10. The quantitative estimate of drug-likeness (QED) is 0.367. The molecule has 2 aromatic carbocycles. The fourth-order valence-corrected chi connectivity index (χ4v) is 4.36. The second-order valence-corrected chi connectivity index (χ2v) is 8.42. The zero-order valence-corrected chi connectivity index (χ0v) is 18.0. The van der Waals surface area contributed by atoms with Crippen LogP contribution in [0.2, 0.25) is 0 Å². The molecule has 2 aromatic heterocycles. The number of hydrogen-bond acceptors (Lipinski definition) is 6. The molecule has 2 heterocycles. The summed E-state index contributed by atoms with van der Waals surface area (Å²) >= 11 is 2.89. The molecular formula is C23H19N3O3S2. The number of aromatic nitrogens is 1. The molecule has 31 heavy (non-hydrogen) atoms. The van der Waals surface area contributed by atoms with Gasteiger partial charge in [0.2, 0.25) is 5.91 Å². The largest absolute Gasteiger partial charge is 0.467 e. The van der Waals surface area contributed by atoms with E-state index >= 15 is 0 Å². The fourth-order valence-electron chi connectivity index (χ4n) is 2.83. The number of furan rings is 1. The second kappa shape index (κ2) is 10.1. The average Bonchev–Trinajstić information content (AvgIpc) is 3.51. The minimum absolute atomic E-state index is 0.130. The highest BCUT2D eigenvalue weighted by Crippen LogP contribution is 2.25. The van der Waals surface area contributed by atoms with Gasteiger partial charge in [-0.2, -0.15) is 0 Å². The van der Waals surface area contributed by atoms with Crippen molar-refractivity contribution in [3.63, 3.8) is 0 Å². The van der Waals surface area contributed by atoms with Crippen molar-refractivity contribution < 1.29 is 14.0 Å². The zero-order valence-electron chi connectivity index (χ0n) is 16.4. The molecule has 0 radical (unpaired) electrons. The number of carbonyl (C=O) groups is 2. The molecule has 8 heteroatoms. The van der Waals surface area contributed by atoms with Gasteiger partial charge in [-0.05, 0) is 48.5 Å². The molecule has 0 aliphatic rings. The Bertz CT molecular complexity index is 1140. The molecule has 0 saturated heterocycles. The number of rotatable bonds is 8. The van der Waals surface area contributed by atoms with Gasteiger partial charge >= 0.3 is 0 Å². The summed E-state index contributed by atoms with van der Waals surface area (Å²) in [4.78, 5) is 30.0. The van der Waals surface area contributed by atoms with Crippen molar-refractivity contribution in [1.29, 1.82) is 0 Å². The molecular weight excluding hydrogens is 430 g/mol. The zero-order chi connectivity index (χ0) is 21.5. The van der Waals surface area contributed by atoms with Gasteiger partial charge in [0, 0.05) is 27.7 Å². The van der Waals surface area contributed by atoms with Gasteiger partial charge in [-0.25, -0.2) is 4.98 Å². The van der Waals surface area contributed by atoms with Crippen molar-refractivity contribution in [3.8, 4) is 10.6 Å². The Morgan fingerprint density at radius 1 is 1.03 bits per heavy atom. The Kier molecular flexibility index (Phi) is 6.81. The summed E-state index contributed by atoms with van der Waals surface area (Å²) in [6.07, 6.45) is 3.33. The second-order valence-electron chi connectivity index (χ2n) is 6.51. The van der Waals surface area contributed by atoms with Gasteiger partial charge in [-0.3, -0.25) is 9.59 Å². The number of amides is 2. The number of nitrogens with one attached hydrogen (secondary N) is 2. The number of carbonyl (C=O) groups excluding carboxylic acids is 2. The Labute approximate surface area is 187 Å². The van der Waals surface area contributed by atoms with E-state index in [4.69, 9.17) is 4.42 Å². The lowest BCUT2D eigenvalue weighted by molar-refractivity contribution is -0.118. The minimum atomic E-state index is -0.221. The highest BCUT2D eigenvalue weighted by atomic mass is 32.2. The molecule has 0 bridgehead atoms. The van der Waals surface area contributed by atoms with Gasteiger partial charge in [0.15, 0.2) is 0 Å². The van der Waals surface area contributed by atoms with E-state index < -0.39 is 0 Å². The van der Waals surface area contributed by atoms with Crippen molar-refractivity contribution >= 4 is 40.6 Å². The Morgan fingerprint density at radius 2 is 1.87 bits per heavy atom. The fraction of sp³-hybridized carbons (Fsp3) is 0.0870. The molecule has 0 unspecified atom stereocenters. The molecule has 0 saturated carbocycles. The number of benzene rings is 2. The third-order valence-corrected chi connectivity index (χ3v) is 6.25. The van der Waals surface area contributed by atoms with Crippen LogP contribution in [-0.2, 0) is 11.3 Å². The summed E-state index contributed by atoms with van der Waals surface area (Å²) in [5.41, 5.74) is 2.22. The number of thiazole rings is 1. The van der Waals surface area contributed by atoms with Crippen LogP contribution < -0.4 is 10.6 Å². The SMILES string of the molecule is O=C(CSc1ccccc1C(=O)Nc1ccc(-c2nccs2)cc1)NCc1ccco1. The lowest BCUT2D eigenvalue weighted by Crippen LogP contribution is -2.24. The Balaban J connectivity index is 1.36. The van der Waals surface area contributed by atoms with E-state index in [1.165, 1.54) is 11.8 Å². The standard InChI is InChI=1S/C23H19N3O3S2/c27-21(25-14-18-4-3-12-29-18)15-31-20-6-2-1-5-19(20)22(28)26-17-9-7-16(8-10-17)23-24-11-13-30-23/h1-13H,14-15H2,(H,25,27)(H,26,28). The van der Waals surface area contributed by atoms with E-state index in [-0.39, 0.29) is 17.6 Å².